The number of hydrogen-bond acceptors (Lipinski definition) is 3. The standard InChI is InChI=1S/C13H21NO2S/c1-3-11(2)17(15)10-6-9-16-13-8-5-4-7-12(13)14/h4-5,7-8,11H,3,6,9-10,14H2,1-2H3. The Morgan fingerprint density at radius 3 is 2.76 bits per heavy atom. The molecule has 0 aliphatic rings. The molecular formula is C13H21NO2S. The van der Waals surface area contributed by atoms with Crippen LogP contribution in [0.4, 0.5) is 5.69 Å². The fraction of sp³-hybridized carbons (Fsp3) is 0.538. The zero-order chi connectivity index (χ0) is 12.7. The predicted molar refractivity (Wildman–Crippen MR) is 73.7 cm³/mol. The van der Waals surface area contributed by atoms with E-state index in [0.717, 1.165) is 12.8 Å². The van der Waals surface area contributed by atoms with Gasteiger partial charge in [0, 0.05) is 21.8 Å². The molecule has 0 heterocycles. The van der Waals surface area contributed by atoms with E-state index in [4.69, 9.17) is 10.5 Å². The zero-order valence-electron chi connectivity index (χ0n) is 10.5. The normalized spacial score (nSPS) is 14.2. The summed E-state index contributed by atoms with van der Waals surface area (Å²) in [6.07, 6.45) is 1.75. The van der Waals surface area contributed by atoms with E-state index in [0.29, 0.717) is 23.8 Å². The second-order valence-electron chi connectivity index (χ2n) is 4.04. The van der Waals surface area contributed by atoms with Crippen molar-refractivity contribution in [2.75, 3.05) is 18.1 Å². The molecule has 0 aliphatic carbocycles. The average molecular weight is 255 g/mol. The first kappa shape index (κ1) is 14.0. The van der Waals surface area contributed by atoms with Crippen LogP contribution in [0.3, 0.4) is 0 Å². The summed E-state index contributed by atoms with van der Waals surface area (Å²) in [6.45, 7) is 4.65. The van der Waals surface area contributed by atoms with Crippen molar-refractivity contribution < 1.29 is 8.95 Å². The first-order valence-electron chi connectivity index (χ1n) is 5.99. The maximum absolute atomic E-state index is 11.7. The van der Waals surface area contributed by atoms with Gasteiger partial charge in [-0.2, -0.15) is 0 Å². The van der Waals surface area contributed by atoms with Crippen molar-refractivity contribution in [2.45, 2.75) is 31.9 Å². The van der Waals surface area contributed by atoms with Crippen LogP contribution in [0.5, 0.6) is 5.75 Å². The van der Waals surface area contributed by atoms with Crippen LogP contribution in [0.2, 0.25) is 0 Å². The van der Waals surface area contributed by atoms with E-state index in [-0.39, 0.29) is 5.25 Å². The zero-order valence-corrected chi connectivity index (χ0v) is 11.3. The van der Waals surface area contributed by atoms with Gasteiger partial charge in [0.25, 0.3) is 0 Å². The lowest BCUT2D eigenvalue weighted by Crippen LogP contribution is -2.14. The Bertz CT molecular complexity index is 368. The number of rotatable bonds is 7. The third-order valence-corrected chi connectivity index (χ3v) is 4.61. The number of hydrogen-bond donors (Lipinski definition) is 1. The first-order chi connectivity index (χ1) is 8.15. The number of nitrogens with two attached hydrogens (primary N) is 1. The molecule has 0 saturated carbocycles. The van der Waals surface area contributed by atoms with Crippen LogP contribution in [-0.2, 0) is 10.8 Å². The summed E-state index contributed by atoms with van der Waals surface area (Å²) in [7, 11) is -0.739. The molecular weight excluding hydrogens is 234 g/mol. The van der Waals surface area contributed by atoms with Gasteiger partial charge in [-0.25, -0.2) is 0 Å². The summed E-state index contributed by atoms with van der Waals surface area (Å²) in [4.78, 5) is 0. The quantitative estimate of drug-likeness (QED) is 0.602. The van der Waals surface area contributed by atoms with Gasteiger partial charge in [0.2, 0.25) is 0 Å². The van der Waals surface area contributed by atoms with Gasteiger partial charge in [0.15, 0.2) is 0 Å². The van der Waals surface area contributed by atoms with E-state index < -0.39 is 10.8 Å². The maximum Gasteiger partial charge on any atom is 0.142 e. The molecule has 3 nitrogen and oxygen atoms in total. The molecule has 0 fully saturated rings. The lowest BCUT2D eigenvalue weighted by molar-refractivity contribution is 0.320. The molecule has 0 amide bonds. The van der Waals surface area contributed by atoms with Gasteiger partial charge >= 0.3 is 0 Å². The summed E-state index contributed by atoms with van der Waals surface area (Å²) >= 11 is 0. The average Bonchev–Trinajstić information content (AvgIpc) is 2.35. The Morgan fingerprint density at radius 1 is 1.41 bits per heavy atom. The molecule has 17 heavy (non-hydrogen) atoms. The number of benzene rings is 1. The summed E-state index contributed by atoms with van der Waals surface area (Å²) in [5, 5.41) is 0.275. The Kier molecular flexibility index (Phi) is 6.05. The highest BCUT2D eigenvalue weighted by Crippen LogP contribution is 2.19. The molecule has 4 heteroatoms. The molecule has 0 spiro atoms. The van der Waals surface area contributed by atoms with Crippen molar-refractivity contribution in [1.29, 1.82) is 0 Å². The van der Waals surface area contributed by atoms with Crippen LogP contribution < -0.4 is 10.5 Å². The molecule has 0 saturated heterocycles. The number of para-hydroxylation sites is 2. The highest BCUT2D eigenvalue weighted by Gasteiger charge is 2.08. The SMILES string of the molecule is CCC(C)S(=O)CCCOc1ccccc1N. The minimum atomic E-state index is -0.739. The molecule has 1 rings (SSSR count). The topological polar surface area (TPSA) is 52.3 Å². The molecule has 2 atom stereocenters. The van der Waals surface area contributed by atoms with E-state index >= 15 is 0 Å². The molecule has 96 valence electrons. The van der Waals surface area contributed by atoms with Gasteiger partial charge in [-0.1, -0.05) is 26.0 Å². The Labute approximate surface area is 106 Å². The van der Waals surface area contributed by atoms with E-state index in [2.05, 4.69) is 6.92 Å². The fourth-order valence-corrected chi connectivity index (χ4v) is 2.56. The van der Waals surface area contributed by atoms with Crippen LogP contribution in [0.1, 0.15) is 26.7 Å². The van der Waals surface area contributed by atoms with E-state index in [1.165, 1.54) is 0 Å². The van der Waals surface area contributed by atoms with E-state index in [1.807, 2.05) is 31.2 Å². The summed E-state index contributed by atoms with van der Waals surface area (Å²) in [6, 6.07) is 7.43. The van der Waals surface area contributed by atoms with Gasteiger partial charge in [-0.05, 0) is 25.0 Å². The monoisotopic (exact) mass is 255 g/mol. The lowest BCUT2D eigenvalue weighted by Gasteiger charge is -2.10. The second kappa shape index (κ2) is 7.33. The fourth-order valence-electron chi connectivity index (χ4n) is 1.38. The molecule has 2 unspecified atom stereocenters. The largest absolute Gasteiger partial charge is 0.491 e. The van der Waals surface area contributed by atoms with Gasteiger partial charge in [0.1, 0.15) is 5.75 Å². The van der Waals surface area contributed by atoms with Crippen molar-refractivity contribution in [3.63, 3.8) is 0 Å². The minimum absolute atomic E-state index is 0.275. The smallest absolute Gasteiger partial charge is 0.142 e. The molecule has 1 aromatic rings. The summed E-state index contributed by atoms with van der Waals surface area (Å²) < 4.78 is 17.2. The number of ether oxygens (including phenoxy) is 1. The molecule has 0 aliphatic heterocycles. The highest BCUT2D eigenvalue weighted by atomic mass is 32.2. The van der Waals surface area contributed by atoms with Crippen molar-refractivity contribution in [3.8, 4) is 5.75 Å². The van der Waals surface area contributed by atoms with Crippen LogP contribution >= 0.6 is 0 Å². The molecule has 1 aromatic carbocycles. The van der Waals surface area contributed by atoms with Crippen molar-refractivity contribution in [3.05, 3.63) is 24.3 Å². The third kappa shape index (κ3) is 4.77. The molecule has 0 radical (unpaired) electrons. The molecule has 0 bridgehead atoms. The van der Waals surface area contributed by atoms with Crippen LogP contribution in [0.15, 0.2) is 24.3 Å². The second-order valence-corrected chi connectivity index (χ2v) is 6.02. The highest BCUT2D eigenvalue weighted by molar-refractivity contribution is 7.85. The van der Waals surface area contributed by atoms with Crippen LogP contribution in [0, 0.1) is 0 Å². The van der Waals surface area contributed by atoms with Gasteiger partial charge < -0.3 is 10.5 Å². The lowest BCUT2D eigenvalue weighted by atomic mass is 10.3. The third-order valence-electron chi connectivity index (χ3n) is 2.69. The summed E-state index contributed by atoms with van der Waals surface area (Å²) in [5.74, 6) is 1.41. The number of anilines is 1. The van der Waals surface area contributed by atoms with Gasteiger partial charge in [0.05, 0.1) is 12.3 Å². The number of nitrogen functional groups attached to an aromatic ring is 1. The van der Waals surface area contributed by atoms with Crippen molar-refractivity contribution >= 4 is 16.5 Å². The van der Waals surface area contributed by atoms with Gasteiger partial charge in [-0.15, -0.1) is 0 Å². The van der Waals surface area contributed by atoms with Crippen molar-refractivity contribution in [2.24, 2.45) is 0 Å². The molecule has 0 aromatic heterocycles. The summed E-state index contributed by atoms with van der Waals surface area (Å²) in [5.41, 5.74) is 6.40. The van der Waals surface area contributed by atoms with Crippen LogP contribution in [-0.4, -0.2) is 21.8 Å². The van der Waals surface area contributed by atoms with E-state index in [9.17, 15) is 4.21 Å². The minimum Gasteiger partial charge on any atom is -0.491 e. The van der Waals surface area contributed by atoms with Crippen LogP contribution in [0.25, 0.3) is 0 Å². The maximum atomic E-state index is 11.7. The first-order valence-corrected chi connectivity index (χ1v) is 7.37. The van der Waals surface area contributed by atoms with E-state index in [1.54, 1.807) is 0 Å². The molecule has 2 N–H and O–H groups in total. The Hall–Kier alpha value is -1.03. The Balaban J connectivity index is 2.25. The predicted octanol–water partition coefficient (Wildman–Crippen LogP) is 2.58. The van der Waals surface area contributed by atoms with Crippen molar-refractivity contribution in [1.82, 2.24) is 0 Å². The van der Waals surface area contributed by atoms with Gasteiger partial charge in [-0.3, -0.25) is 4.21 Å². The Morgan fingerprint density at radius 2 is 2.12 bits per heavy atom.